The third kappa shape index (κ3) is 2.77. The molecule has 2 fully saturated rings. The van der Waals surface area contributed by atoms with Gasteiger partial charge in [0, 0.05) is 30.0 Å². The van der Waals surface area contributed by atoms with Crippen LogP contribution in [0.3, 0.4) is 0 Å². The summed E-state index contributed by atoms with van der Waals surface area (Å²) in [5, 5.41) is 13.9. The molecule has 1 aliphatic carbocycles. The fourth-order valence-electron chi connectivity index (χ4n) is 4.17. The Kier molecular flexibility index (Phi) is 4.12. The minimum atomic E-state index is -0.538. The molecule has 1 saturated heterocycles. The van der Waals surface area contributed by atoms with E-state index in [0.717, 1.165) is 6.61 Å². The van der Waals surface area contributed by atoms with Gasteiger partial charge in [0.05, 0.1) is 12.4 Å². The molecular formula is C17H27NO3. The van der Waals surface area contributed by atoms with Crippen LogP contribution in [0.4, 0.5) is 0 Å². The zero-order valence-corrected chi connectivity index (χ0v) is 13.2. The lowest BCUT2D eigenvalue weighted by molar-refractivity contribution is -0.194. The fourth-order valence-corrected chi connectivity index (χ4v) is 4.17. The highest BCUT2D eigenvalue weighted by Crippen LogP contribution is 2.51. The summed E-state index contributed by atoms with van der Waals surface area (Å²) in [6.45, 7) is 7.61. The summed E-state index contributed by atoms with van der Waals surface area (Å²) < 4.78 is 11.2. The van der Waals surface area contributed by atoms with Crippen molar-refractivity contribution >= 4 is 0 Å². The SMILES string of the molecule is CC(CC(O)c1ccco1)NC1C2CCCOC2C1(C)C. The first-order valence-electron chi connectivity index (χ1n) is 8.09. The smallest absolute Gasteiger partial charge is 0.132 e. The van der Waals surface area contributed by atoms with Gasteiger partial charge in [-0.3, -0.25) is 0 Å². The first-order valence-corrected chi connectivity index (χ1v) is 8.09. The predicted octanol–water partition coefficient (Wildman–Crippen LogP) is 2.88. The summed E-state index contributed by atoms with van der Waals surface area (Å²) in [5.74, 6) is 1.27. The van der Waals surface area contributed by atoms with E-state index in [4.69, 9.17) is 9.15 Å². The Labute approximate surface area is 126 Å². The molecule has 0 radical (unpaired) electrons. The van der Waals surface area contributed by atoms with Gasteiger partial charge in [-0.05, 0) is 38.3 Å². The van der Waals surface area contributed by atoms with Gasteiger partial charge in [0.1, 0.15) is 11.9 Å². The molecule has 21 heavy (non-hydrogen) atoms. The quantitative estimate of drug-likeness (QED) is 0.876. The number of rotatable bonds is 5. The van der Waals surface area contributed by atoms with E-state index in [1.165, 1.54) is 12.8 Å². The molecule has 0 spiro atoms. The Balaban J connectivity index is 1.56. The fraction of sp³-hybridized carbons (Fsp3) is 0.765. The van der Waals surface area contributed by atoms with E-state index in [1.54, 1.807) is 6.26 Å². The Morgan fingerprint density at radius 2 is 2.29 bits per heavy atom. The zero-order valence-electron chi connectivity index (χ0n) is 13.2. The lowest BCUT2D eigenvalue weighted by Gasteiger charge is -2.60. The Morgan fingerprint density at radius 3 is 3.00 bits per heavy atom. The molecule has 1 saturated carbocycles. The van der Waals surface area contributed by atoms with Gasteiger partial charge in [-0.15, -0.1) is 0 Å². The van der Waals surface area contributed by atoms with Crippen LogP contribution in [0.5, 0.6) is 0 Å². The van der Waals surface area contributed by atoms with Crippen molar-refractivity contribution in [1.29, 1.82) is 0 Å². The first-order chi connectivity index (χ1) is 10.00. The lowest BCUT2D eigenvalue weighted by atomic mass is 9.55. The molecule has 118 valence electrons. The highest BCUT2D eigenvalue weighted by Gasteiger charge is 2.57. The second-order valence-corrected chi connectivity index (χ2v) is 7.23. The molecule has 4 nitrogen and oxygen atoms in total. The summed E-state index contributed by atoms with van der Waals surface area (Å²) in [4.78, 5) is 0. The van der Waals surface area contributed by atoms with Crippen LogP contribution < -0.4 is 5.32 Å². The van der Waals surface area contributed by atoms with Crippen molar-refractivity contribution in [2.24, 2.45) is 11.3 Å². The molecule has 4 heteroatoms. The van der Waals surface area contributed by atoms with E-state index in [1.807, 2.05) is 12.1 Å². The average molecular weight is 293 g/mol. The number of hydrogen-bond donors (Lipinski definition) is 2. The Bertz CT molecular complexity index is 457. The number of ether oxygens (including phenoxy) is 1. The van der Waals surface area contributed by atoms with E-state index in [-0.39, 0.29) is 11.5 Å². The van der Waals surface area contributed by atoms with Crippen molar-refractivity contribution in [2.45, 2.75) is 64.3 Å². The molecule has 5 atom stereocenters. The molecule has 0 aromatic carbocycles. The summed E-state index contributed by atoms with van der Waals surface area (Å²) in [7, 11) is 0. The Morgan fingerprint density at radius 1 is 1.48 bits per heavy atom. The zero-order chi connectivity index (χ0) is 15.0. The number of aliphatic hydroxyl groups is 1. The normalized spacial score (nSPS) is 33.8. The van der Waals surface area contributed by atoms with Crippen LogP contribution in [0, 0.1) is 11.3 Å². The van der Waals surface area contributed by atoms with Gasteiger partial charge in [0.15, 0.2) is 0 Å². The topological polar surface area (TPSA) is 54.6 Å². The van der Waals surface area contributed by atoms with E-state index in [0.29, 0.717) is 30.2 Å². The molecule has 2 aliphatic rings. The van der Waals surface area contributed by atoms with Gasteiger partial charge >= 0.3 is 0 Å². The molecule has 2 heterocycles. The van der Waals surface area contributed by atoms with Crippen LogP contribution in [0.15, 0.2) is 22.8 Å². The molecule has 1 aromatic rings. The summed E-state index contributed by atoms with van der Waals surface area (Å²) in [6.07, 6.45) is 4.54. The van der Waals surface area contributed by atoms with Gasteiger partial charge in [0.2, 0.25) is 0 Å². The van der Waals surface area contributed by atoms with Crippen LogP contribution in [-0.2, 0) is 4.74 Å². The molecule has 0 amide bonds. The largest absolute Gasteiger partial charge is 0.467 e. The summed E-state index contributed by atoms with van der Waals surface area (Å²) >= 11 is 0. The van der Waals surface area contributed by atoms with Gasteiger partial charge < -0.3 is 19.6 Å². The molecule has 2 N–H and O–H groups in total. The number of nitrogens with one attached hydrogen (secondary N) is 1. The highest BCUT2D eigenvalue weighted by atomic mass is 16.5. The van der Waals surface area contributed by atoms with E-state index in [9.17, 15) is 5.11 Å². The molecule has 0 bridgehead atoms. The monoisotopic (exact) mass is 293 g/mol. The van der Waals surface area contributed by atoms with E-state index >= 15 is 0 Å². The third-order valence-electron chi connectivity index (χ3n) is 5.24. The maximum atomic E-state index is 10.2. The maximum absolute atomic E-state index is 10.2. The van der Waals surface area contributed by atoms with Crippen molar-refractivity contribution < 1.29 is 14.3 Å². The highest BCUT2D eigenvalue weighted by molar-refractivity contribution is 5.11. The lowest BCUT2D eigenvalue weighted by Crippen LogP contribution is -2.70. The van der Waals surface area contributed by atoms with Crippen molar-refractivity contribution in [2.75, 3.05) is 6.61 Å². The summed E-state index contributed by atoms with van der Waals surface area (Å²) in [6, 6.07) is 4.37. The molecule has 1 aromatic heterocycles. The van der Waals surface area contributed by atoms with Gasteiger partial charge in [-0.1, -0.05) is 13.8 Å². The second kappa shape index (κ2) is 5.75. The number of aliphatic hydroxyl groups excluding tert-OH is 1. The maximum Gasteiger partial charge on any atom is 0.132 e. The van der Waals surface area contributed by atoms with E-state index in [2.05, 4.69) is 26.1 Å². The standard InChI is InChI=1S/C17H27NO3/c1-11(10-13(19)14-7-5-8-20-14)18-15-12-6-4-9-21-16(12)17(15,2)3/h5,7-8,11-13,15-16,18-19H,4,6,9-10H2,1-3H3. The molecule has 3 rings (SSSR count). The number of furan rings is 1. The van der Waals surface area contributed by atoms with Gasteiger partial charge in [0.25, 0.3) is 0 Å². The van der Waals surface area contributed by atoms with Crippen LogP contribution in [-0.4, -0.2) is 29.9 Å². The minimum Gasteiger partial charge on any atom is -0.467 e. The first kappa shape index (κ1) is 15.1. The Hall–Kier alpha value is -0.840. The summed E-state index contributed by atoms with van der Waals surface area (Å²) in [5.41, 5.74) is 0.176. The molecule has 1 aliphatic heterocycles. The van der Waals surface area contributed by atoms with Crippen LogP contribution in [0.1, 0.15) is 51.9 Å². The van der Waals surface area contributed by atoms with Crippen molar-refractivity contribution in [3.63, 3.8) is 0 Å². The average Bonchev–Trinajstić information content (AvgIpc) is 2.99. The number of fused-ring (bicyclic) bond motifs is 1. The number of hydrogen-bond acceptors (Lipinski definition) is 4. The van der Waals surface area contributed by atoms with E-state index < -0.39 is 6.10 Å². The van der Waals surface area contributed by atoms with Crippen molar-refractivity contribution in [1.82, 2.24) is 5.32 Å². The van der Waals surface area contributed by atoms with Crippen LogP contribution >= 0.6 is 0 Å². The third-order valence-corrected chi connectivity index (χ3v) is 5.24. The van der Waals surface area contributed by atoms with Crippen LogP contribution in [0.2, 0.25) is 0 Å². The molecular weight excluding hydrogens is 266 g/mol. The van der Waals surface area contributed by atoms with Gasteiger partial charge in [-0.2, -0.15) is 0 Å². The predicted molar refractivity (Wildman–Crippen MR) is 80.9 cm³/mol. The van der Waals surface area contributed by atoms with Crippen LogP contribution in [0.25, 0.3) is 0 Å². The minimum absolute atomic E-state index is 0.176. The molecule has 5 unspecified atom stereocenters. The van der Waals surface area contributed by atoms with Crippen molar-refractivity contribution in [3.05, 3.63) is 24.2 Å². The second-order valence-electron chi connectivity index (χ2n) is 7.23. The van der Waals surface area contributed by atoms with Gasteiger partial charge in [-0.25, -0.2) is 0 Å². The van der Waals surface area contributed by atoms with Crippen molar-refractivity contribution in [3.8, 4) is 0 Å².